The summed E-state index contributed by atoms with van der Waals surface area (Å²) in [6.07, 6.45) is 1.69. The molecule has 0 aliphatic carbocycles. The van der Waals surface area contributed by atoms with E-state index in [0.29, 0.717) is 16.3 Å². The summed E-state index contributed by atoms with van der Waals surface area (Å²) in [7, 11) is -3.79. The van der Waals surface area contributed by atoms with Crippen molar-refractivity contribution in [2.45, 2.75) is 11.8 Å². The molecule has 2 aromatic carbocycles. The molecule has 0 fully saturated rings. The van der Waals surface area contributed by atoms with Crippen LogP contribution in [0.1, 0.15) is 5.56 Å². The number of aromatic nitrogens is 1. The summed E-state index contributed by atoms with van der Waals surface area (Å²) in [5.41, 5.74) is 1.37. The molecule has 0 bridgehead atoms. The summed E-state index contributed by atoms with van der Waals surface area (Å²) in [6, 6.07) is 12.3. The van der Waals surface area contributed by atoms with E-state index < -0.39 is 10.0 Å². The number of halogens is 2. The molecule has 28 heavy (non-hydrogen) atoms. The van der Waals surface area contributed by atoms with Gasteiger partial charge in [0.1, 0.15) is 22.8 Å². The van der Waals surface area contributed by atoms with Gasteiger partial charge >= 0.3 is 0 Å². The van der Waals surface area contributed by atoms with Gasteiger partial charge in [0.15, 0.2) is 0 Å². The minimum atomic E-state index is -3.79. The first-order chi connectivity index (χ1) is 13.4. The Morgan fingerprint density at radius 2 is 1.89 bits per heavy atom. The van der Waals surface area contributed by atoms with Crippen molar-refractivity contribution in [3.8, 4) is 17.6 Å². The zero-order chi connectivity index (χ0) is 20.1. The maximum absolute atomic E-state index is 12.4. The van der Waals surface area contributed by atoms with Crippen LogP contribution in [0.5, 0.6) is 5.75 Å². The summed E-state index contributed by atoms with van der Waals surface area (Å²) < 4.78 is 32.8. The molecule has 0 aliphatic heterocycles. The van der Waals surface area contributed by atoms with E-state index in [1.54, 1.807) is 13.1 Å². The zero-order valence-electron chi connectivity index (χ0n) is 14.9. The van der Waals surface area contributed by atoms with Gasteiger partial charge in [-0.05, 0) is 36.8 Å². The van der Waals surface area contributed by atoms with Crippen molar-refractivity contribution in [3.63, 3.8) is 0 Å². The minimum absolute atomic E-state index is 0.0315. The highest BCUT2D eigenvalue weighted by Gasteiger charge is 2.18. The second kappa shape index (κ2) is 8.80. The van der Waals surface area contributed by atoms with Crippen LogP contribution in [-0.4, -0.2) is 26.6 Å². The Bertz CT molecular complexity index is 1180. The number of pyridine rings is 1. The molecular formula is C20H16Cl2N2O3S. The summed E-state index contributed by atoms with van der Waals surface area (Å²) in [6.45, 7) is 1.74. The molecular weight excluding hydrogens is 419 g/mol. The van der Waals surface area contributed by atoms with Gasteiger partial charge in [0, 0.05) is 16.6 Å². The van der Waals surface area contributed by atoms with Crippen molar-refractivity contribution in [1.82, 2.24) is 9.71 Å². The third-order valence-electron chi connectivity index (χ3n) is 3.87. The third kappa shape index (κ3) is 4.75. The number of aryl methyl sites for hydroxylation is 1. The Morgan fingerprint density at radius 1 is 1.11 bits per heavy atom. The topological polar surface area (TPSA) is 68.3 Å². The van der Waals surface area contributed by atoms with E-state index in [9.17, 15) is 8.42 Å². The number of nitrogens with one attached hydrogen (secondary N) is 1. The summed E-state index contributed by atoms with van der Waals surface area (Å²) in [5, 5.41) is 1.43. The van der Waals surface area contributed by atoms with Gasteiger partial charge in [0.25, 0.3) is 0 Å². The number of hydrogen-bond donors (Lipinski definition) is 1. The highest BCUT2D eigenvalue weighted by molar-refractivity contribution is 7.89. The van der Waals surface area contributed by atoms with Crippen LogP contribution in [0.25, 0.3) is 10.9 Å². The van der Waals surface area contributed by atoms with E-state index in [2.05, 4.69) is 21.5 Å². The van der Waals surface area contributed by atoms with Crippen LogP contribution in [0, 0.1) is 18.8 Å². The lowest BCUT2D eigenvalue weighted by molar-refractivity contribution is 0.374. The molecule has 0 amide bonds. The van der Waals surface area contributed by atoms with Gasteiger partial charge in [0.05, 0.1) is 11.6 Å². The SMILES string of the molecule is Cc1cc(S(=O)(=O)NCC#CCOc2cccc3cccnc23)c(Cl)cc1Cl. The largest absolute Gasteiger partial charge is 0.479 e. The lowest BCUT2D eigenvalue weighted by Gasteiger charge is -2.08. The van der Waals surface area contributed by atoms with Crippen molar-refractivity contribution >= 4 is 44.1 Å². The molecule has 1 heterocycles. The summed E-state index contributed by atoms with van der Waals surface area (Å²) in [4.78, 5) is 4.27. The number of benzene rings is 2. The standard InChI is InChI=1S/C20H16Cl2N2O3S/c1-14-12-19(17(22)13-16(14)21)28(25,26)24-10-2-3-11-27-18-8-4-6-15-7-5-9-23-20(15)18/h4-9,12-13,24H,10-11H2,1H3. The number of fused-ring (bicyclic) bond motifs is 1. The van der Waals surface area contributed by atoms with E-state index in [4.69, 9.17) is 27.9 Å². The molecule has 0 radical (unpaired) electrons. The maximum atomic E-state index is 12.4. The molecule has 0 unspecified atom stereocenters. The number of nitrogens with zero attached hydrogens (tertiary/aromatic N) is 1. The van der Waals surface area contributed by atoms with Crippen molar-refractivity contribution in [3.05, 3.63) is 64.3 Å². The van der Waals surface area contributed by atoms with Crippen LogP contribution in [0.15, 0.2) is 53.6 Å². The fourth-order valence-corrected chi connectivity index (χ4v) is 4.22. The molecule has 0 atom stereocenters. The molecule has 5 nitrogen and oxygen atoms in total. The monoisotopic (exact) mass is 434 g/mol. The Morgan fingerprint density at radius 3 is 2.71 bits per heavy atom. The lowest BCUT2D eigenvalue weighted by atomic mass is 10.2. The molecule has 0 saturated carbocycles. The predicted molar refractivity (Wildman–Crippen MR) is 111 cm³/mol. The van der Waals surface area contributed by atoms with Crippen LogP contribution in [-0.2, 0) is 10.0 Å². The number of rotatable bonds is 5. The van der Waals surface area contributed by atoms with Crippen molar-refractivity contribution in [1.29, 1.82) is 0 Å². The van der Waals surface area contributed by atoms with Crippen molar-refractivity contribution in [2.75, 3.05) is 13.2 Å². The van der Waals surface area contributed by atoms with Crippen LogP contribution in [0.3, 0.4) is 0 Å². The number of sulfonamides is 1. The molecule has 8 heteroatoms. The first-order valence-corrected chi connectivity index (χ1v) is 10.5. The van der Waals surface area contributed by atoms with Gasteiger partial charge in [-0.25, -0.2) is 8.42 Å². The molecule has 3 rings (SSSR count). The maximum Gasteiger partial charge on any atom is 0.242 e. The number of para-hydroxylation sites is 1. The fraction of sp³-hybridized carbons (Fsp3) is 0.150. The van der Waals surface area contributed by atoms with Crippen LogP contribution < -0.4 is 9.46 Å². The van der Waals surface area contributed by atoms with Crippen LogP contribution in [0.4, 0.5) is 0 Å². The van der Waals surface area contributed by atoms with Crippen LogP contribution >= 0.6 is 23.2 Å². The second-order valence-electron chi connectivity index (χ2n) is 5.83. The highest BCUT2D eigenvalue weighted by Crippen LogP contribution is 2.28. The molecule has 1 N–H and O–H groups in total. The van der Waals surface area contributed by atoms with Crippen molar-refractivity contribution in [2.24, 2.45) is 0 Å². The number of ether oxygens (including phenoxy) is 1. The molecule has 0 saturated heterocycles. The first-order valence-electron chi connectivity index (χ1n) is 8.26. The Balaban J connectivity index is 1.60. The average molecular weight is 435 g/mol. The molecule has 3 aromatic rings. The van der Waals surface area contributed by atoms with E-state index in [0.717, 1.165) is 10.9 Å². The molecule has 0 spiro atoms. The van der Waals surface area contributed by atoms with Crippen LogP contribution in [0.2, 0.25) is 10.0 Å². The highest BCUT2D eigenvalue weighted by atomic mass is 35.5. The third-order valence-corrected chi connectivity index (χ3v) is 6.15. The summed E-state index contributed by atoms with van der Waals surface area (Å²) >= 11 is 11.9. The Labute approximate surface area is 173 Å². The average Bonchev–Trinajstić information content (AvgIpc) is 2.67. The number of hydrogen-bond acceptors (Lipinski definition) is 4. The fourth-order valence-electron chi connectivity index (χ4n) is 2.47. The van der Waals surface area contributed by atoms with Gasteiger partial charge in [-0.2, -0.15) is 4.72 Å². The zero-order valence-corrected chi connectivity index (χ0v) is 17.2. The molecule has 0 aliphatic rings. The predicted octanol–water partition coefficient (Wildman–Crippen LogP) is 4.21. The minimum Gasteiger partial charge on any atom is -0.479 e. The van der Waals surface area contributed by atoms with Gasteiger partial charge in [0.2, 0.25) is 10.0 Å². The lowest BCUT2D eigenvalue weighted by Crippen LogP contribution is -2.24. The van der Waals surface area contributed by atoms with Gasteiger partial charge < -0.3 is 4.74 Å². The van der Waals surface area contributed by atoms with Gasteiger partial charge in [-0.3, -0.25) is 4.98 Å². The van der Waals surface area contributed by atoms with Gasteiger partial charge in [-0.15, -0.1) is 0 Å². The van der Waals surface area contributed by atoms with Gasteiger partial charge in [-0.1, -0.05) is 53.2 Å². The van der Waals surface area contributed by atoms with E-state index in [1.165, 1.54) is 12.1 Å². The Kier molecular flexibility index (Phi) is 6.42. The summed E-state index contributed by atoms with van der Waals surface area (Å²) in [5.74, 6) is 6.12. The molecule has 1 aromatic heterocycles. The first kappa shape index (κ1) is 20.4. The van der Waals surface area contributed by atoms with E-state index in [1.807, 2.05) is 30.3 Å². The second-order valence-corrected chi connectivity index (χ2v) is 8.38. The Hall–Kier alpha value is -2.30. The molecule has 144 valence electrons. The smallest absolute Gasteiger partial charge is 0.242 e. The quantitative estimate of drug-likeness (QED) is 0.610. The van der Waals surface area contributed by atoms with Crippen molar-refractivity contribution < 1.29 is 13.2 Å². The van der Waals surface area contributed by atoms with E-state index in [-0.39, 0.29) is 23.1 Å². The van der Waals surface area contributed by atoms with E-state index >= 15 is 0 Å². The normalized spacial score (nSPS) is 11.1.